The average Bonchev–Trinajstić information content (AvgIpc) is 2.63. The van der Waals surface area contributed by atoms with Crippen LogP contribution in [-0.2, 0) is 11.3 Å². The monoisotopic (exact) mass is 322 g/mol. The minimum atomic E-state index is -0.126. The molecule has 0 spiro atoms. The number of fused-ring (bicyclic) bond motifs is 1. The molecule has 0 radical (unpaired) electrons. The third-order valence-electron chi connectivity index (χ3n) is 3.81. The molecule has 0 bridgehead atoms. The van der Waals surface area contributed by atoms with Crippen LogP contribution < -0.4 is 19.7 Å². The van der Waals surface area contributed by atoms with Crippen molar-refractivity contribution in [3.8, 4) is 23.8 Å². The summed E-state index contributed by atoms with van der Waals surface area (Å²) >= 11 is 0. The lowest BCUT2D eigenvalue weighted by molar-refractivity contribution is -0.121. The molecule has 1 amide bonds. The molecule has 0 saturated carbocycles. The summed E-state index contributed by atoms with van der Waals surface area (Å²) in [5.74, 6) is 3.87. The van der Waals surface area contributed by atoms with Gasteiger partial charge in [-0.1, -0.05) is 18.1 Å². The Labute approximate surface area is 141 Å². The number of nitrogens with zero attached hydrogens (tertiary/aromatic N) is 1. The van der Waals surface area contributed by atoms with E-state index in [1.54, 1.807) is 12.0 Å². The Kier molecular flexibility index (Phi) is 4.57. The molecule has 1 N–H and O–H groups in total. The summed E-state index contributed by atoms with van der Waals surface area (Å²) in [5.41, 5.74) is 2.76. The summed E-state index contributed by atoms with van der Waals surface area (Å²) < 4.78 is 10.7. The molecule has 0 atom stereocenters. The molecular weight excluding hydrogens is 304 g/mol. The largest absolute Gasteiger partial charge is 0.497 e. The number of methoxy groups -OCH3 is 1. The highest BCUT2D eigenvalue weighted by atomic mass is 16.5. The fraction of sp³-hybridized carbons (Fsp3) is 0.211. The van der Waals surface area contributed by atoms with Crippen LogP contribution in [0.15, 0.2) is 42.5 Å². The molecular formula is C19H18N2O3. The zero-order valence-electron chi connectivity index (χ0n) is 13.4. The van der Waals surface area contributed by atoms with E-state index in [1.807, 2.05) is 42.5 Å². The number of carbonyl (C=O) groups excluding carboxylic acids is 1. The van der Waals surface area contributed by atoms with Crippen molar-refractivity contribution in [2.75, 3.05) is 30.5 Å². The smallest absolute Gasteiger partial charge is 0.265 e. The third kappa shape index (κ3) is 3.28. The lowest BCUT2D eigenvalue weighted by atomic mass is 10.2. The maximum absolute atomic E-state index is 11.9. The summed E-state index contributed by atoms with van der Waals surface area (Å²) in [4.78, 5) is 13.4. The van der Waals surface area contributed by atoms with Crippen LogP contribution in [0.4, 0.5) is 11.4 Å². The van der Waals surface area contributed by atoms with E-state index < -0.39 is 0 Å². The molecule has 122 valence electrons. The van der Waals surface area contributed by atoms with Crippen molar-refractivity contribution in [1.82, 2.24) is 0 Å². The van der Waals surface area contributed by atoms with Gasteiger partial charge in [-0.15, -0.1) is 6.42 Å². The Morgan fingerprint density at radius 3 is 2.79 bits per heavy atom. The Morgan fingerprint density at radius 2 is 2.08 bits per heavy atom. The van der Waals surface area contributed by atoms with Crippen LogP contribution in [0.1, 0.15) is 5.56 Å². The Morgan fingerprint density at radius 1 is 1.29 bits per heavy atom. The molecule has 0 aromatic heterocycles. The van der Waals surface area contributed by atoms with Gasteiger partial charge in [0.15, 0.2) is 6.61 Å². The van der Waals surface area contributed by atoms with E-state index in [0.29, 0.717) is 18.0 Å². The number of ether oxygens (including phenoxy) is 2. The second-order valence-electron chi connectivity index (χ2n) is 5.36. The first-order valence-corrected chi connectivity index (χ1v) is 7.59. The second kappa shape index (κ2) is 6.97. The first-order chi connectivity index (χ1) is 11.7. The highest BCUT2D eigenvalue weighted by Crippen LogP contribution is 2.34. The highest BCUT2D eigenvalue weighted by Gasteiger charge is 2.24. The van der Waals surface area contributed by atoms with Crippen molar-refractivity contribution in [3.63, 3.8) is 0 Å². The number of nitrogens with one attached hydrogen (secondary N) is 1. The predicted octanol–water partition coefficient (Wildman–Crippen LogP) is 2.67. The van der Waals surface area contributed by atoms with Gasteiger partial charge in [-0.05, 0) is 29.8 Å². The number of benzene rings is 2. The normalized spacial score (nSPS) is 12.8. The molecule has 0 saturated heterocycles. The van der Waals surface area contributed by atoms with E-state index in [4.69, 9.17) is 15.9 Å². The fourth-order valence-electron chi connectivity index (χ4n) is 2.53. The number of anilines is 2. The van der Waals surface area contributed by atoms with Crippen LogP contribution >= 0.6 is 0 Å². The van der Waals surface area contributed by atoms with Crippen molar-refractivity contribution in [1.29, 1.82) is 0 Å². The summed E-state index contributed by atoms with van der Waals surface area (Å²) in [6, 6.07) is 13.5. The first-order valence-electron chi connectivity index (χ1n) is 7.59. The van der Waals surface area contributed by atoms with Crippen molar-refractivity contribution in [2.24, 2.45) is 0 Å². The summed E-state index contributed by atoms with van der Waals surface area (Å²) in [5, 5.41) is 3.34. The van der Waals surface area contributed by atoms with Gasteiger partial charge in [-0.3, -0.25) is 9.69 Å². The van der Waals surface area contributed by atoms with Crippen molar-refractivity contribution in [2.45, 2.75) is 6.54 Å². The Hall–Kier alpha value is -3.13. The van der Waals surface area contributed by atoms with Crippen LogP contribution in [0.2, 0.25) is 0 Å². The SMILES string of the molecule is C#CCN1C(=O)COc2cc(NCc3ccc(OC)cc3)ccc21. The van der Waals surface area contributed by atoms with E-state index >= 15 is 0 Å². The molecule has 5 nitrogen and oxygen atoms in total. The maximum atomic E-state index is 11.9. The molecule has 5 heteroatoms. The summed E-state index contributed by atoms with van der Waals surface area (Å²) in [6.07, 6.45) is 5.34. The molecule has 0 fully saturated rings. The quantitative estimate of drug-likeness (QED) is 0.860. The summed E-state index contributed by atoms with van der Waals surface area (Å²) in [6.45, 7) is 0.931. The highest BCUT2D eigenvalue weighted by molar-refractivity contribution is 5.98. The standard InChI is InChI=1S/C19H18N2O3/c1-3-10-21-17-9-6-15(11-18(17)24-13-19(21)22)20-12-14-4-7-16(23-2)8-5-14/h1,4-9,11,20H,10,12-13H2,2H3. The van der Waals surface area contributed by atoms with Gasteiger partial charge in [-0.2, -0.15) is 0 Å². The van der Waals surface area contributed by atoms with Crippen LogP contribution in [0, 0.1) is 12.3 Å². The first kappa shape index (κ1) is 15.8. The predicted molar refractivity (Wildman–Crippen MR) is 93.4 cm³/mol. The number of terminal acetylenes is 1. The lowest BCUT2D eigenvalue weighted by Gasteiger charge is -2.28. The van der Waals surface area contributed by atoms with E-state index in [-0.39, 0.29) is 19.1 Å². The van der Waals surface area contributed by atoms with Crippen LogP contribution in [0.5, 0.6) is 11.5 Å². The molecule has 24 heavy (non-hydrogen) atoms. The van der Waals surface area contributed by atoms with Crippen molar-refractivity contribution >= 4 is 17.3 Å². The molecule has 0 aliphatic carbocycles. The van der Waals surface area contributed by atoms with Crippen molar-refractivity contribution < 1.29 is 14.3 Å². The zero-order valence-corrected chi connectivity index (χ0v) is 13.4. The molecule has 2 aromatic rings. The fourth-order valence-corrected chi connectivity index (χ4v) is 2.53. The average molecular weight is 322 g/mol. The molecule has 1 aliphatic heterocycles. The molecule has 0 unspecified atom stereocenters. The van der Waals surface area contributed by atoms with Crippen LogP contribution in [0.25, 0.3) is 0 Å². The molecule has 2 aromatic carbocycles. The topological polar surface area (TPSA) is 50.8 Å². The van der Waals surface area contributed by atoms with Crippen LogP contribution in [0.3, 0.4) is 0 Å². The lowest BCUT2D eigenvalue weighted by Crippen LogP contribution is -2.38. The number of carbonyl (C=O) groups is 1. The molecule has 3 rings (SSSR count). The number of amides is 1. The molecule has 1 heterocycles. The molecule has 1 aliphatic rings. The minimum absolute atomic E-state index is 0.0105. The van der Waals surface area contributed by atoms with Gasteiger partial charge >= 0.3 is 0 Å². The van der Waals surface area contributed by atoms with E-state index in [0.717, 1.165) is 17.0 Å². The number of hydrogen-bond donors (Lipinski definition) is 1. The minimum Gasteiger partial charge on any atom is -0.497 e. The van der Waals surface area contributed by atoms with Gasteiger partial charge in [0, 0.05) is 18.3 Å². The van der Waals surface area contributed by atoms with Gasteiger partial charge in [-0.25, -0.2) is 0 Å². The van der Waals surface area contributed by atoms with Gasteiger partial charge < -0.3 is 14.8 Å². The summed E-state index contributed by atoms with van der Waals surface area (Å²) in [7, 11) is 1.65. The van der Waals surface area contributed by atoms with Gasteiger partial charge in [0.05, 0.1) is 19.3 Å². The Bertz CT molecular complexity index is 778. The van der Waals surface area contributed by atoms with Gasteiger partial charge in [0.25, 0.3) is 5.91 Å². The zero-order chi connectivity index (χ0) is 16.9. The van der Waals surface area contributed by atoms with E-state index in [1.165, 1.54) is 0 Å². The number of rotatable bonds is 5. The van der Waals surface area contributed by atoms with E-state index in [9.17, 15) is 4.79 Å². The maximum Gasteiger partial charge on any atom is 0.265 e. The number of hydrogen-bond acceptors (Lipinski definition) is 4. The van der Waals surface area contributed by atoms with E-state index in [2.05, 4.69) is 11.2 Å². The Balaban J connectivity index is 1.71. The second-order valence-corrected chi connectivity index (χ2v) is 5.36. The van der Waals surface area contributed by atoms with Gasteiger partial charge in [0.2, 0.25) is 0 Å². The van der Waals surface area contributed by atoms with Crippen molar-refractivity contribution in [3.05, 3.63) is 48.0 Å². The third-order valence-corrected chi connectivity index (χ3v) is 3.81. The van der Waals surface area contributed by atoms with Crippen LogP contribution in [-0.4, -0.2) is 26.2 Å². The van der Waals surface area contributed by atoms with Gasteiger partial charge in [0.1, 0.15) is 11.5 Å².